The van der Waals surface area contributed by atoms with Crippen molar-refractivity contribution >= 4 is 31.9 Å². The van der Waals surface area contributed by atoms with Gasteiger partial charge >= 0.3 is 0 Å². The number of nitrogens with two attached hydrogens (primary N) is 1. The maximum Gasteiger partial charge on any atom is 0.275 e. The Morgan fingerprint density at radius 3 is 2.24 bits per heavy atom. The highest BCUT2D eigenvalue weighted by Gasteiger charge is 2.25. The van der Waals surface area contributed by atoms with Crippen LogP contribution in [0.1, 0.15) is 54.5 Å². The van der Waals surface area contributed by atoms with Gasteiger partial charge in [0.15, 0.2) is 5.69 Å². The van der Waals surface area contributed by atoms with E-state index in [1.807, 2.05) is 20.8 Å². The lowest BCUT2D eigenvalue weighted by Crippen LogP contribution is -2.30. The SMILES string of the molecule is CC(C)c1[nH]nc(C(=O)N(C)C(C)c2ccc(S(N)(=O)=O)cc2)c1Br. The standard InChI is InChI=1S/C16H21BrN4O3S/c1-9(2)14-13(17)15(20-19-14)16(22)21(4)10(3)11-5-7-12(8-6-11)25(18,23)24/h5-10H,1-4H3,(H,19,20)(H2,18,23,24). The molecule has 0 radical (unpaired) electrons. The summed E-state index contributed by atoms with van der Waals surface area (Å²) in [6.07, 6.45) is 0. The van der Waals surface area contributed by atoms with Crippen LogP contribution in [0.2, 0.25) is 0 Å². The fourth-order valence-electron chi connectivity index (χ4n) is 2.37. The van der Waals surface area contributed by atoms with E-state index in [0.29, 0.717) is 10.2 Å². The van der Waals surface area contributed by atoms with Crippen LogP contribution in [0.25, 0.3) is 0 Å². The summed E-state index contributed by atoms with van der Waals surface area (Å²) in [5.41, 5.74) is 1.97. The van der Waals surface area contributed by atoms with Gasteiger partial charge in [0.05, 0.1) is 21.1 Å². The molecular weight excluding hydrogens is 408 g/mol. The van der Waals surface area contributed by atoms with Crippen molar-refractivity contribution in [3.05, 3.63) is 45.7 Å². The van der Waals surface area contributed by atoms with Crippen molar-refractivity contribution in [3.63, 3.8) is 0 Å². The maximum atomic E-state index is 12.7. The van der Waals surface area contributed by atoms with Crippen LogP contribution in [0.3, 0.4) is 0 Å². The van der Waals surface area contributed by atoms with Crippen molar-refractivity contribution in [1.29, 1.82) is 0 Å². The van der Waals surface area contributed by atoms with Crippen molar-refractivity contribution in [2.24, 2.45) is 5.14 Å². The van der Waals surface area contributed by atoms with Crippen LogP contribution in [0.4, 0.5) is 0 Å². The van der Waals surface area contributed by atoms with Crippen molar-refractivity contribution in [2.45, 2.75) is 37.6 Å². The summed E-state index contributed by atoms with van der Waals surface area (Å²) in [6.45, 7) is 5.87. The van der Waals surface area contributed by atoms with Crippen LogP contribution in [0, 0.1) is 0 Å². The average molecular weight is 429 g/mol. The van der Waals surface area contributed by atoms with Gasteiger partial charge in [0, 0.05) is 7.05 Å². The molecule has 1 amide bonds. The third-order valence-electron chi connectivity index (χ3n) is 4.10. The molecule has 2 rings (SSSR count). The molecule has 1 atom stereocenters. The summed E-state index contributed by atoms with van der Waals surface area (Å²) in [4.78, 5) is 14.3. The predicted molar refractivity (Wildman–Crippen MR) is 98.7 cm³/mol. The molecule has 0 aliphatic carbocycles. The van der Waals surface area contributed by atoms with Gasteiger partial charge in [-0.15, -0.1) is 0 Å². The zero-order chi connectivity index (χ0) is 18.9. The Labute approximate surface area is 155 Å². The first-order valence-electron chi connectivity index (χ1n) is 7.67. The van der Waals surface area contributed by atoms with Crippen LogP contribution in [0.5, 0.6) is 0 Å². The second kappa shape index (κ2) is 7.27. The van der Waals surface area contributed by atoms with E-state index in [0.717, 1.165) is 11.3 Å². The topological polar surface area (TPSA) is 109 Å². The number of amides is 1. The van der Waals surface area contributed by atoms with Gasteiger partial charge < -0.3 is 4.90 Å². The minimum absolute atomic E-state index is 0.0362. The third-order valence-corrected chi connectivity index (χ3v) is 5.84. The van der Waals surface area contributed by atoms with E-state index in [1.54, 1.807) is 24.1 Å². The lowest BCUT2D eigenvalue weighted by atomic mass is 10.1. The predicted octanol–water partition coefficient (Wildman–Crippen LogP) is 2.78. The Hall–Kier alpha value is -1.71. The van der Waals surface area contributed by atoms with E-state index < -0.39 is 10.0 Å². The lowest BCUT2D eigenvalue weighted by Gasteiger charge is -2.25. The molecule has 0 spiro atoms. The molecule has 136 valence electrons. The normalized spacial score (nSPS) is 13.1. The minimum Gasteiger partial charge on any atom is -0.334 e. The van der Waals surface area contributed by atoms with Gasteiger partial charge in [-0.05, 0) is 46.5 Å². The number of hydrogen-bond donors (Lipinski definition) is 2. The first-order chi connectivity index (χ1) is 11.5. The number of primary sulfonamides is 1. The number of sulfonamides is 1. The quantitative estimate of drug-likeness (QED) is 0.762. The number of benzene rings is 1. The largest absolute Gasteiger partial charge is 0.334 e. The van der Waals surface area contributed by atoms with Gasteiger partial charge in [0.25, 0.3) is 5.91 Å². The summed E-state index contributed by atoms with van der Waals surface area (Å²) >= 11 is 3.44. The number of nitrogens with zero attached hydrogens (tertiary/aromatic N) is 2. The number of rotatable bonds is 5. The summed E-state index contributed by atoms with van der Waals surface area (Å²) in [5, 5.41) is 12.1. The number of hydrogen-bond acceptors (Lipinski definition) is 4. The number of aromatic nitrogens is 2. The molecule has 2 aromatic rings. The van der Waals surface area contributed by atoms with Crippen molar-refractivity contribution in [2.75, 3.05) is 7.05 Å². The zero-order valence-electron chi connectivity index (χ0n) is 14.4. The van der Waals surface area contributed by atoms with E-state index in [1.165, 1.54) is 12.1 Å². The Morgan fingerprint density at radius 1 is 1.24 bits per heavy atom. The monoisotopic (exact) mass is 428 g/mol. The van der Waals surface area contributed by atoms with Gasteiger partial charge in [-0.25, -0.2) is 13.6 Å². The number of H-pyrrole nitrogens is 1. The molecule has 9 heteroatoms. The second-order valence-corrected chi connectivity index (χ2v) is 8.52. The summed E-state index contributed by atoms with van der Waals surface area (Å²) in [5.74, 6) is -0.0324. The van der Waals surface area contributed by atoms with Gasteiger partial charge in [0.2, 0.25) is 10.0 Å². The molecule has 1 aromatic heterocycles. The van der Waals surface area contributed by atoms with Gasteiger partial charge in [-0.2, -0.15) is 5.10 Å². The molecule has 0 aliphatic heterocycles. The van der Waals surface area contributed by atoms with E-state index in [2.05, 4.69) is 26.1 Å². The van der Waals surface area contributed by atoms with Crippen molar-refractivity contribution in [1.82, 2.24) is 15.1 Å². The van der Waals surface area contributed by atoms with Crippen LogP contribution < -0.4 is 5.14 Å². The fourth-order valence-corrected chi connectivity index (χ4v) is 3.69. The highest BCUT2D eigenvalue weighted by molar-refractivity contribution is 9.10. The molecule has 1 aromatic carbocycles. The number of aromatic amines is 1. The fraction of sp³-hybridized carbons (Fsp3) is 0.375. The number of nitrogens with one attached hydrogen (secondary N) is 1. The molecule has 0 aliphatic rings. The number of carbonyl (C=O) groups excluding carboxylic acids is 1. The van der Waals surface area contributed by atoms with Crippen LogP contribution in [0.15, 0.2) is 33.6 Å². The summed E-state index contributed by atoms with van der Waals surface area (Å²) < 4.78 is 23.3. The van der Waals surface area contributed by atoms with Crippen LogP contribution in [-0.2, 0) is 10.0 Å². The Bertz CT molecular complexity index is 875. The first-order valence-corrected chi connectivity index (χ1v) is 10.0. The van der Waals surface area contributed by atoms with Gasteiger partial charge in [-0.1, -0.05) is 26.0 Å². The Morgan fingerprint density at radius 2 is 1.80 bits per heavy atom. The molecule has 7 nitrogen and oxygen atoms in total. The number of carbonyl (C=O) groups is 1. The smallest absolute Gasteiger partial charge is 0.275 e. The molecule has 1 heterocycles. The third kappa shape index (κ3) is 4.10. The maximum absolute atomic E-state index is 12.7. The highest BCUT2D eigenvalue weighted by atomic mass is 79.9. The Kier molecular flexibility index (Phi) is 5.70. The second-order valence-electron chi connectivity index (χ2n) is 6.16. The molecule has 0 bridgehead atoms. The van der Waals surface area contributed by atoms with Gasteiger partial charge in [-0.3, -0.25) is 9.89 Å². The molecule has 3 N–H and O–H groups in total. The number of halogens is 1. The average Bonchev–Trinajstić information content (AvgIpc) is 2.93. The first kappa shape index (κ1) is 19.6. The van der Waals surface area contributed by atoms with E-state index >= 15 is 0 Å². The minimum atomic E-state index is -3.74. The molecular formula is C16H21BrN4O3S. The van der Waals surface area contributed by atoms with E-state index in [4.69, 9.17) is 5.14 Å². The zero-order valence-corrected chi connectivity index (χ0v) is 16.8. The highest BCUT2D eigenvalue weighted by Crippen LogP contribution is 2.28. The van der Waals surface area contributed by atoms with E-state index in [-0.39, 0.29) is 22.8 Å². The van der Waals surface area contributed by atoms with Crippen molar-refractivity contribution in [3.8, 4) is 0 Å². The molecule has 0 saturated heterocycles. The molecule has 1 unspecified atom stereocenters. The van der Waals surface area contributed by atoms with Gasteiger partial charge in [0.1, 0.15) is 0 Å². The summed E-state index contributed by atoms with van der Waals surface area (Å²) in [6, 6.07) is 5.88. The lowest BCUT2D eigenvalue weighted by molar-refractivity contribution is 0.0735. The molecule has 0 fully saturated rings. The van der Waals surface area contributed by atoms with Crippen molar-refractivity contribution < 1.29 is 13.2 Å². The Balaban J connectivity index is 2.24. The summed E-state index contributed by atoms with van der Waals surface area (Å²) in [7, 11) is -2.06. The van der Waals surface area contributed by atoms with E-state index in [9.17, 15) is 13.2 Å². The van der Waals surface area contributed by atoms with Crippen LogP contribution >= 0.6 is 15.9 Å². The molecule has 25 heavy (non-hydrogen) atoms. The van der Waals surface area contributed by atoms with Crippen LogP contribution in [-0.4, -0.2) is 36.5 Å². The molecule has 0 saturated carbocycles.